The number of ether oxygens (including phenoxy) is 1. The summed E-state index contributed by atoms with van der Waals surface area (Å²) in [7, 11) is 3.70. The van der Waals surface area contributed by atoms with E-state index in [0.717, 1.165) is 59.9 Å². The Morgan fingerprint density at radius 3 is 2.53 bits per heavy atom. The van der Waals surface area contributed by atoms with Crippen molar-refractivity contribution in [1.82, 2.24) is 30.0 Å². The lowest BCUT2D eigenvalue weighted by molar-refractivity contribution is 0.259. The number of allylic oxidation sites excluding steroid dienone is 7. The molecule has 3 heterocycles. The quantitative estimate of drug-likeness (QED) is 0.202. The van der Waals surface area contributed by atoms with Gasteiger partial charge in [0.2, 0.25) is 5.95 Å². The largest absolute Gasteiger partial charge is 0.497 e. The van der Waals surface area contributed by atoms with Crippen LogP contribution in [0.3, 0.4) is 0 Å². The van der Waals surface area contributed by atoms with Gasteiger partial charge in [0.15, 0.2) is 11.5 Å². The molecule has 4 rings (SSSR count). The third-order valence-electron chi connectivity index (χ3n) is 8.62. The normalized spacial score (nSPS) is 18.8. The van der Waals surface area contributed by atoms with Crippen molar-refractivity contribution in [3.05, 3.63) is 78.2 Å². The van der Waals surface area contributed by atoms with Crippen LogP contribution in [0.5, 0.6) is 0 Å². The van der Waals surface area contributed by atoms with Crippen molar-refractivity contribution in [2.24, 2.45) is 5.41 Å². The Balaban J connectivity index is 1.59. The molecule has 0 aromatic carbocycles. The lowest BCUT2D eigenvalue weighted by Gasteiger charge is -2.30. The van der Waals surface area contributed by atoms with Crippen molar-refractivity contribution in [3.8, 4) is 0 Å². The van der Waals surface area contributed by atoms with Gasteiger partial charge >= 0.3 is 0 Å². The van der Waals surface area contributed by atoms with Gasteiger partial charge in [0, 0.05) is 37.6 Å². The van der Waals surface area contributed by atoms with E-state index >= 15 is 0 Å². The first-order valence-corrected chi connectivity index (χ1v) is 15.3. The highest BCUT2D eigenvalue weighted by Gasteiger charge is 2.28. The van der Waals surface area contributed by atoms with Gasteiger partial charge in [-0.1, -0.05) is 51.7 Å². The minimum atomic E-state index is 0.117. The third-order valence-corrected chi connectivity index (χ3v) is 8.62. The van der Waals surface area contributed by atoms with Crippen LogP contribution in [-0.4, -0.2) is 57.8 Å². The number of imidazole rings is 1. The van der Waals surface area contributed by atoms with Crippen molar-refractivity contribution in [1.29, 1.82) is 0 Å². The Morgan fingerprint density at radius 2 is 1.91 bits per heavy atom. The smallest absolute Gasteiger partial charge is 0.229 e. The average Bonchev–Trinajstić information content (AvgIpc) is 3.57. The molecule has 1 aliphatic carbocycles. The van der Waals surface area contributed by atoms with Crippen molar-refractivity contribution < 1.29 is 4.74 Å². The second-order valence-corrected chi connectivity index (χ2v) is 12.7. The second-order valence-electron chi connectivity index (χ2n) is 12.7. The Hall–Kier alpha value is -3.85. The maximum atomic E-state index is 5.36. The highest BCUT2D eigenvalue weighted by atomic mass is 16.5. The number of rotatable bonds is 12. The molecule has 2 N–H and O–H groups in total. The van der Waals surface area contributed by atoms with Crippen LogP contribution in [0.25, 0.3) is 11.2 Å². The van der Waals surface area contributed by atoms with Crippen LogP contribution in [0.1, 0.15) is 73.3 Å². The molecule has 43 heavy (non-hydrogen) atoms. The van der Waals surface area contributed by atoms with Gasteiger partial charge in [0.1, 0.15) is 11.3 Å². The summed E-state index contributed by atoms with van der Waals surface area (Å²) in [5.74, 6) is 2.15. The molecule has 232 valence electrons. The minimum absolute atomic E-state index is 0.117. The van der Waals surface area contributed by atoms with E-state index in [2.05, 4.69) is 85.1 Å². The van der Waals surface area contributed by atoms with Crippen LogP contribution >= 0.6 is 0 Å². The summed E-state index contributed by atoms with van der Waals surface area (Å²) in [6.07, 6.45) is 16.5. The van der Waals surface area contributed by atoms with Gasteiger partial charge in [-0.05, 0) is 75.7 Å². The third kappa shape index (κ3) is 7.57. The zero-order valence-electron chi connectivity index (χ0n) is 27.4. The molecule has 1 saturated carbocycles. The molecule has 0 unspecified atom stereocenters. The fourth-order valence-corrected chi connectivity index (χ4v) is 5.03. The monoisotopic (exact) mass is 586 g/mol. The predicted molar refractivity (Wildman–Crippen MR) is 179 cm³/mol. The number of hydrogen-bond acceptors (Lipinski definition) is 8. The maximum absolute atomic E-state index is 5.36. The highest BCUT2D eigenvalue weighted by Crippen LogP contribution is 2.36. The van der Waals surface area contributed by atoms with Gasteiger partial charge in [-0.2, -0.15) is 9.97 Å². The summed E-state index contributed by atoms with van der Waals surface area (Å²) < 4.78 is 7.59. The molecule has 2 fully saturated rings. The molecular formula is C34H50N8O. The summed E-state index contributed by atoms with van der Waals surface area (Å²) in [5, 5.41) is 5.66. The fourth-order valence-electron chi connectivity index (χ4n) is 5.03. The molecule has 1 aliphatic heterocycles. The fraction of sp³-hybridized carbons (Fsp3) is 0.500. The Kier molecular flexibility index (Phi) is 10.2. The number of likely N-dealkylation sites (N-methyl/N-ethyl adjacent to an activating group) is 1. The molecular weight excluding hydrogens is 536 g/mol. The van der Waals surface area contributed by atoms with Crippen LogP contribution in [0, 0.1) is 5.41 Å². The standard InChI is InChI=1S/C34H50N8O/c1-11-29(43-10)18-17-25(4)42-28(19-20-36-42)21-40(9)33-38-31-30(41(22-35-31)27-13-12-14-27)32(39-33)37-26(5)23(2)15-16-24(3)34(6,7)8/h11,15-18,22,27-28,36H,4-5,12-14,19-21H2,1-3,6-10H3,(H,37,38,39)/b18-17-,23-15-,24-16+,29-11+/t28-/m0/s1. The Labute approximate surface area is 257 Å². The number of methoxy groups -OCH3 is 1. The van der Waals surface area contributed by atoms with E-state index in [1.165, 1.54) is 12.0 Å². The van der Waals surface area contributed by atoms with E-state index in [-0.39, 0.29) is 11.5 Å². The van der Waals surface area contributed by atoms with E-state index in [0.29, 0.717) is 24.2 Å². The average molecular weight is 587 g/mol. The summed E-state index contributed by atoms with van der Waals surface area (Å²) in [6, 6.07) is 0.623. The first-order valence-electron chi connectivity index (χ1n) is 15.3. The molecule has 0 spiro atoms. The number of fused-ring (bicyclic) bond motifs is 1. The predicted octanol–water partition coefficient (Wildman–Crippen LogP) is 7.05. The molecule has 9 heteroatoms. The molecule has 0 radical (unpaired) electrons. The van der Waals surface area contributed by atoms with Crippen LogP contribution in [-0.2, 0) is 4.74 Å². The van der Waals surface area contributed by atoms with E-state index in [4.69, 9.17) is 19.7 Å². The first-order chi connectivity index (χ1) is 20.4. The second kappa shape index (κ2) is 13.6. The van der Waals surface area contributed by atoms with Crippen LogP contribution < -0.4 is 15.6 Å². The Morgan fingerprint density at radius 1 is 1.16 bits per heavy atom. The van der Waals surface area contributed by atoms with Gasteiger partial charge in [-0.3, -0.25) is 0 Å². The highest BCUT2D eigenvalue weighted by molar-refractivity contribution is 5.86. The number of nitrogens with zero attached hydrogens (tertiary/aromatic N) is 6. The summed E-state index contributed by atoms with van der Waals surface area (Å²) >= 11 is 0. The van der Waals surface area contributed by atoms with Gasteiger partial charge in [0.05, 0.1) is 19.5 Å². The molecule has 0 amide bonds. The van der Waals surface area contributed by atoms with Crippen molar-refractivity contribution in [2.45, 2.75) is 79.3 Å². The number of anilines is 2. The lowest BCUT2D eigenvalue weighted by atomic mass is 9.87. The SMILES string of the molecule is C=C(Nc1nc(N(C)C[C@@H]2CCNN2C(=C)/C=C\C(=C/C)OC)nc2ncn(C3CCC3)c12)/C(C)=C\C=C(/C)C(C)(C)C. The summed E-state index contributed by atoms with van der Waals surface area (Å²) in [5.41, 5.74) is 9.24. The van der Waals surface area contributed by atoms with Gasteiger partial charge < -0.3 is 24.5 Å². The first kappa shape index (κ1) is 32.1. The van der Waals surface area contributed by atoms with Crippen molar-refractivity contribution >= 4 is 22.9 Å². The summed E-state index contributed by atoms with van der Waals surface area (Å²) in [6.45, 7) is 23.1. The van der Waals surface area contributed by atoms with Gasteiger partial charge in [0.25, 0.3) is 0 Å². The number of nitrogens with one attached hydrogen (secondary N) is 2. The van der Waals surface area contributed by atoms with Crippen LogP contribution in [0.2, 0.25) is 0 Å². The molecule has 9 nitrogen and oxygen atoms in total. The lowest BCUT2D eigenvalue weighted by Crippen LogP contribution is -2.42. The minimum Gasteiger partial charge on any atom is -0.497 e. The Bertz CT molecular complexity index is 1450. The van der Waals surface area contributed by atoms with E-state index in [9.17, 15) is 0 Å². The van der Waals surface area contributed by atoms with Crippen molar-refractivity contribution in [2.75, 3.05) is 37.5 Å². The zero-order valence-corrected chi connectivity index (χ0v) is 27.4. The zero-order chi connectivity index (χ0) is 31.3. The van der Waals surface area contributed by atoms with Crippen LogP contribution in [0.15, 0.2) is 78.2 Å². The van der Waals surface area contributed by atoms with Gasteiger partial charge in [-0.15, -0.1) is 0 Å². The molecule has 1 saturated heterocycles. The van der Waals surface area contributed by atoms with E-state index < -0.39 is 0 Å². The number of aromatic nitrogens is 4. The maximum Gasteiger partial charge on any atom is 0.229 e. The van der Waals surface area contributed by atoms with E-state index in [1.54, 1.807) is 7.11 Å². The van der Waals surface area contributed by atoms with Crippen LogP contribution in [0.4, 0.5) is 11.8 Å². The topological polar surface area (TPSA) is 83.4 Å². The number of hydrogen-bond donors (Lipinski definition) is 2. The van der Waals surface area contributed by atoms with E-state index in [1.807, 2.05) is 38.5 Å². The van der Waals surface area contributed by atoms with Gasteiger partial charge in [-0.25, -0.2) is 10.4 Å². The molecule has 1 atom stereocenters. The molecule has 2 aromatic heterocycles. The molecule has 2 aromatic rings. The molecule has 0 bridgehead atoms. The summed E-state index contributed by atoms with van der Waals surface area (Å²) in [4.78, 5) is 16.8. The van der Waals surface area contributed by atoms with Crippen molar-refractivity contribution in [3.63, 3.8) is 0 Å². The number of hydrazine groups is 1. The molecule has 2 aliphatic rings.